The zero-order valence-electron chi connectivity index (χ0n) is 15.6. The fraction of sp³-hybridized carbons (Fsp3) is 0.0952. The third-order valence-corrected chi connectivity index (χ3v) is 5.73. The topological polar surface area (TPSA) is 72.7 Å². The second-order valence-electron chi connectivity index (χ2n) is 6.37. The number of fused-ring (bicyclic) bond motifs is 1. The van der Waals surface area contributed by atoms with E-state index in [-0.39, 0.29) is 5.56 Å². The Morgan fingerprint density at radius 3 is 2.83 bits per heavy atom. The monoisotopic (exact) mass is 425 g/mol. The molecule has 0 fully saturated rings. The molecule has 8 heteroatoms. The average Bonchev–Trinajstić information content (AvgIpc) is 3.16. The number of hydrogen-bond donors (Lipinski definition) is 1. The molecule has 2 aromatic heterocycles. The summed E-state index contributed by atoms with van der Waals surface area (Å²) in [6.45, 7) is 1.87. The summed E-state index contributed by atoms with van der Waals surface area (Å²) in [6, 6.07) is 12.5. The summed E-state index contributed by atoms with van der Waals surface area (Å²) in [6.07, 6.45) is 1.30. The van der Waals surface area contributed by atoms with E-state index in [4.69, 9.17) is 16.3 Å². The van der Waals surface area contributed by atoms with Crippen LogP contribution < -0.4 is 15.6 Å². The van der Waals surface area contributed by atoms with Gasteiger partial charge in [-0.1, -0.05) is 29.8 Å². The van der Waals surface area contributed by atoms with Gasteiger partial charge in [0, 0.05) is 27.9 Å². The van der Waals surface area contributed by atoms with Crippen LogP contribution in [0.25, 0.3) is 16.2 Å². The van der Waals surface area contributed by atoms with Gasteiger partial charge in [0.05, 0.1) is 12.8 Å². The number of hydrogen-bond acceptors (Lipinski definition) is 5. The lowest BCUT2D eigenvalue weighted by molar-refractivity contribution is 0.102. The second-order valence-corrected chi connectivity index (χ2v) is 7.61. The van der Waals surface area contributed by atoms with Crippen molar-refractivity contribution in [2.45, 2.75) is 6.92 Å². The summed E-state index contributed by atoms with van der Waals surface area (Å²) in [7, 11) is 1.58. The number of aromatic nitrogens is 2. The first-order chi connectivity index (χ1) is 14.0. The van der Waals surface area contributed by atoms with Gasteiger partial charge in [0.25, 0.3) is 11.5 Å². The molecular weight excluding hydrogens is 410 g/mol. The third kappa shape index (κ3) is 3.62. The minimum Gasteiger partial charge on any atom is -0.497 e. The summed E-state index contributed by atoms with van der Waals surface area (Å²) >= 11 is 7.44. The van der Waals surface area contributed by atoms with Crippen LogP contribution in [0.1, 0.15) is 15.9 Å². The fourth-order valence-electron chi connectivity index (χ4n) is 2.90. The standard InChI is InChI=1S/C21H16ClN3O3S/c1-12-6-7-14(9-17(12)22)24-19(26)16-10-23-21-25(20(16)27)18(11-29-21)13-4-3-5-15(8-13)28-2/h3-11H,1-2H3,(H,24,26). The minimum absolute atomic E-state index is 0.0539. The minimum atomic E-state index is -0.542. The molecule has 1 amide bonds. The molecule has 0 saturated heterocycles. The number of carbonyl (C=O) groups excluding carboxylic acids is 1. The molecule has 0 aliphatic rings. The second kappa shape index (κ2) is 7.69. The lowest BCUT2D eigenvalue weighted by Gasteiger charge is -2.08. The molecule has 4 rings (SSSR count). The van der Waals surface area contributed by atoms with Gasteiger partial charge in [0.15, 0.2) is 4.96 Å². The predicted molar refractivity (Wildman–Crippen MR) is 115 cm³/mol. The summed E-state index contributed by atoms with van der Waals surface area (Å²) in [5, 5.41) is 5.07. The van der Waals surface area contributed by atoms with Gasteiger partial charge >= 0.3 is 0 Å². The van der Waals surface area contributed by atoms with Gasteiger partial charge in [-0.25, -0.2) is 4.98 Å². The van der Waals surface area contributed by atoms with Crippen LogP contribution in [0.3, 0.4) is 0 Å². The number of thiazole rings is 1. The number of benzene rings is 2. The third-order valence-electron chi connectivity index (χ3n) is 4.49. The Morgan fingerprint density at radius 1 is 1.24 bits per heavy atom. The zero-order valence-corrected chi connectivity index (χ0v) is 17.2. The van der Waals surface area contributed by atoms with E-state index in [1.165, 1.54) is 21.9 Å². The molecule has 0 bridgehead atoms. The van der Waals surface area contributed by atoms with Crippen LogP contribution in [0.4, 0.5) is 5.69 Å². The van der Waals surface area contributed by atoms with Crippen molar-refractivity contribution < 1.29 is 9.53 Å². The van der Waals surface area contributed by atoms with Gasteiger partial charge in [-0.05, 0) is 36.8 Å². The number of halogens is 1. The SMILES string of the molecule is COc1cccc(-c2csc3ncc(C(=O)Nc4ccc(C)c(Cl)c4)c(=O)n23)c1. The molecule has 2 heterocycles. The number of nitrogens with one attached hydrogen (secondary N) is 1. The van der Waals surface area contributed by atoms with Crippen molar-refractivity contribution in [3.8, 4) is 17.0 Å². The first kappa shape index (κ1) is 19.2. The molecule has 6 nitrogen and oxygen atoms in total. The smallest absolute Gasteiger partial charge is 0.271 e. The maximum atomic E-state index is 13.1. The van der Waals surface area contributed by atoms with Crippen LogP contribution in [0.15, 0.2) is 58.8 Å². The summed E-state index contributed by atoms with van der Waals surface area (Å²) < 4.78 is 6.71. The number of ether oxygens (including phenoxy) is 1. The van der Waals surface area contributed by atoms with Crippen molar-refractivity contribution >= 4 is 39.5 Å². The fourth-order valence-corrected chi connectivity index (χ4v) is 3.94. The maximum Gasteiger partial charge on any atom is 0.271 e. The van der Waals surface area contributed by atoms with Gasteiger partial charge in [-0.2, -0.15) is 0 Å². The number of carbonyl (C=O) groups is 1. The van der Waals surface area contributed by atoms with Gasteiger partial charge in [-0.3, -0.25) is 14.0 Å². The number of nitrogens with zero attached hydrogens (tertiary/aromatic N) is 2. The molecule has 0 radical (unpaired) electrons. The van der Waals surface area contributed by atoms with Crippen molar-refractivity contribution in [3.05, 3.63) is 80.5 Å². The van der Waals surface area contributed by atoms with Crippen LogP contribution in [-0.2, 0) is 0 Å². The highest BCUT2D eigenvalue weighted by atomic mass is 35.5. The number of rotatable bonds is 4. The van der Waals surface area contributed by atoms with Crippen LogP contribution in [0.2, 0.25) is 5.02 Å². The Labute approximate surface area is 175 Å². The van der Waals surface area contributed by atoms with E-state index < -0.39 is 11.5 Å². The number of amides is 1. The molecule has 0 spiro atoms. The van der Waals surface area contributed by atoms with E-state index in [0.29, 0.717) is 27.1 Å². The highest BCUT2D eigenvalue weighted by Gasteiger charge is 2.17. The van der Waals surface area contributed by atoms with Crippen LogP contribution in [-0.4, -0.2) is 22.4 Å². The molecule has 0 aliphatic carbocycles. The molecule has 1 N–H and O–H groups in total. The lowest BCUT2D eigenvalue weighted by atomic mass is 10.1. The van der Waals surface area contributed by atoms with Gasteiger partial charge in [0.1, 0.15) is 11.3 Å². The van der Waals surface area contributed by atoms with E-state index in [2.05, 4.69) is 10.3 Å². The molecule has 0 unspecified atom stereocenters. The lowest BCUT2D eigenvalue weighted by Crippen LogP contribution is -2.26. The summed E-state index contributed by atoms with van der Waals surface area (Å²) in [5.41, 5.74) is 2.35. The van der Waals surface area contributed by atoms with E-state index in [1.807, 2.05) is 36.6 Å². The van der Waals surface area contributed by atoms with Crippen molar-refractivity contribution in [2.24, 2.45) is 0 Å². The molecule has 0 saturated carbocycles. The predicted octanol–water partition coefficient (Wildman–Crippen LogP) is 4.65. The Bertz CT molecular complexity index is 1300. The maximum absolute atomic E-state index is 13.1. The molecule has 0 aliphatic heterocycles. The van der Waals surface area contributed by atoms with Crippen molar-refractivity contribution in [1.82, 2.24) is 9.38 Å². The van der Waals surface area contributed by atoms with Crippen LogP contribution >= 0.6 is 22.9 Å². The number of anilines is 1. The normalized spacial score (nSPS) is 10.9. The van der Waals surface area contributed by atoms with Crippen LogP contribution in [0.5, 0.6) is 5.75 Å². The Morgan fingerprint density at radius 2 is 2.07 bits per heavy atom. The van der Waals surface area contributed by atoms with Crippen molar-refractivity contribution in [3.63, 3.8) is 0 Å². The zero-order chi connectivity index (χ0) is 20.5. The average molecular weight is 426 g/mol. The molecule has 146 valence electrons. The van der Waals surface area contributed by atoms with Gasteiger partial charge < -0.3 is 10.1 Å². The largest absolute Gasteiger partial charge is 0.497 e. The Balaban J connectivity index is 1.76. The van der Waals surface area contributed by atoms with Crippen molar-refractivity contribution in [2.75, 3.05) is 12.4 Å². The molecule has 4 aromatic rings. The quantitative estimate of drug-likeness (QED) is 0.516. The van der Waals surface area contributed by atoms with Crippen LogP contribution in [0, 0.1) is 6.92 Å². The molecule has 2 aromatic carbocycles. The summed E-state index contributed by atoms with van der Waals surface area (Å²) in [4.78, 5) is 30.6. The van der Waals surface area contributed by atoms with Gasteiger partial charge in [-0.15, -0.1) is 11.3 Å². The van der Waals surface area contributed by atoms with Crippen molar-refractivity contribution in [1.29, 1.82) is 0 Å². The van der Waals surface area contributed by atoms with E-state index in [1.54, 1.807) is 25.3 Å². The first-order valence-corrected chi connectivity index (χ1v) is 9.95. The Kier molecular flexibility index (Phi) is 5.08. The van der Waals surface area contributed by atoms with E-state index >= 15 is 0 Å². The van der Waals surface area contributed by atoms with E-state index in [0.717, 1.165) is 11.1 Å². The molecule has 0 atom stereocenters. The van der Waals surface area contributed by atoms with Gasteiger partial charge in [0.2, 0.25) is 0 Å². The highest BCUT2D eigenvalue weighted by molar-refractivity contribution is 7.15. The number of methoxy groups -OCH3 is 1. The Hall–Kier alpha value is -3.16. The number of aryl methyl sites for hydroxylation is 1. The van der Waals surface area contributed by atoms with E-state index in [9.17, 15) is 9.59 Å². The first-order valence-electron chi connectivity index (χ1n) is 8.69. The summed E-state index contributed by atoms with van der Waals surface area (Å²) in [5.74, 6) is 0.132. The highest BCUT2D eigenvalue weighted by Crippen LogP contribution is 2.27. The molecular formula is C21H16ClN3O3S. The molecule has 29 heavy (non-hydrogen) atoms.